The summed E-state index contributed by atoms with van der Waals surface area (Å²) in [6.45, 7) is 5.41. The molecule has 0 radical (unpaired) electrons. The van der Waals surface area contributed by atoms with Crippen LogP contribution in [0.15, 0.2) is 36.7 Å². The van der Waals surface area contributed by atoms with Crippen LogP contribution in [-0.4, -0.2) is 49.2 Å². The first kappa shape index (κ1) is 20.1. The number of aromatic nitrogens is 2. The van der Waals surface area contributed by atoms with E-state index < -0.39 is 0 Å². The van der Waals surface area contributed by atoms with Gasteiger partial charge in [0, 0.05) is 51.3 Å². The highest BCUT2D eigenvalue weighted by Crippen LogP contribution is 2.30. The molecule has 1 fully saturated rings. The van der Waals surface area contributed by atoms with E-state index in [-0.39, 0.29) is 5.91 Å². The fourth-order valence-electron chi connectivity index (χ4n) is 3.13. The predicted octanol–water partition coefficient (Wildman–Crippen LogP) is 3.27. The van der Waals surface area contributed by atoms with Gasteiger partial charge in [0.1, 0.15) is 5.75 Å². The lowest BCUT2D eigenvalue weighted by atomic mass is 9.99. The molecule has 7 nitrogen and oxygen atoms in total. The van der Waals surface area contributed by atoms with Crippen LogP contribution < -0.4 is 15.0 Å². The second-order valence-electron chi connectivity index (χ2n) is 7.08. The molecule has 7 heteroatoms. The average molecular weight is 384 g/mol. The number of hydrogen-bond donors (Lipinski definition) is 1. The molecule has 2 aromatic rings. The third-order valence-corrected chi connectivity index (χ3v) is 4.87. The number of anilines is 1. The van der Waals surface area contributed by atoms with Gasteiger partial charge in [0.2, 0.25) is 0 Å². The van der Waals surface area contributed by atoms with Crippen LogP contribution in [0.2, 0.25) is 0 Å². The van der Waals surface area contributed by atoms with Gasteiger partial charge in [-0.2, -0.15) is 0 Å². The molecule has 1 aromatic carbocycles. The number of rotatable bonds is 8. The Morgan fingerprint density at radius 2 is 1.89 bits per heavy atom. The van der Waals surface area contributed by atoms with Gasteiger partial charge in [0.15, 0.2) is 5.82 Å². The van der Waals surface area contributed by atoms with Gasteiger partial charge in [-0.1, -0.05) is 6.92 Å². The Morgan fingerprint density at radius 1 is 1.18 bits per heavy atom. The molecule has 1 amide bonds. The lowest BCUT2D eigenvalue weighted by Crippen LogP contribution is -2.33. The molecule has 1 aliphatic rings. The van der Waals surface area contributed by atoms with Crippen molar-refractivity contribution >= 4 is 11.7 Å². The quantitative estimate of drug-likeness (QED) is 0.704. The molecule has 1 N–H and O–H groups in total. The first-order valence-corrected chi connectivity index (χ1v) is 9.78. The number of carbonyl (C=O) groups is 1. The van der Waals surface area contributed by atoms with Crippen LogP contribution in [0.4, 0.5) is 5.82 Å². The van der Waals surface area contributed by atoms with Crippen molar-refractivity contribution in [3.8, 4) is 11.6 Å². The van der Waals surface area contributed by atoms with Gasteiger partial charge in [-0.3, -0.25) is 4.79 Å². The fourth-order valence-corrected chi connectivity index (χ4v) is 3.13. The standard InChI is InChI=1S/C21H28N4O3/c1-16-8-13-25(14-9-16)19-21(24-12-11-22-19)28-18-6-4-17(5-7-18)20(26)23-10-3-15-27-2/h4-7,11-12,16H,3,8-10,13-15H2,1-2H3,(H,23,26). The summed E-state index contributed by atoms with van der Waals surface area (Å²) in [5.74, 6) is 2.53. The maximum atomic E-state index is 12.1. The van der Waals surface area contributed by atoms with Crippen molar-refractivity contribution in [1.29, 1.82) is 0 Å². The molecular weight excluding hydrogens is 356 g/mol. The van der Waals surface area contributed by atoms with Gasteiger partial charge in [0.05, 0.1) is 0 Å². The number of amides is 1. The Labute approximate surface area is 166 Å². The molecular formula is C21H28N4O3. The molecule has 0 unspecified atom stereocenters. The first-order valence-electron chi connectivity index (χ1n) is 9.78. The lowest BCUT2D eigenvalue weighted by molar-refractivity contribution is 0.0948. The Morgan fingerprint density at radius 3 is 2.61 bits per heavy atom. The van der Waals surface area contributed by atoms with Gasteiger partial charge in [-0.05, 0) is 49.4 Å². The molecule has 0 aliphatic carbocycles. The molecule has 2 heterocycles. The summed E-state index contributed by atoms with van der Waals surface area (Å²) in [5.41, 5.74) is 0.592. The van der Waals surface area contributed by atoms with Crippen molar-refractivity contribution in [2.24, 2.45) is 5.92 Å². The van der Waals surface area contributed by atoms with Gasteiger partial charge in [0.25, 0.3) is 11.8 Å². The molecule has 150 valence electrons. The third kappa shape index (κ3) is 5.42. The fraction of sp³-hybridized carbons (Fsp3) is 0.476. The number of nitrogens with one attached hydrogen (secondary N) is 1. The summed E-state index contributed by atoms with van der Waals surface area (Å²) in [7, 11) is 1.65. The number of carbonyl (C=O) groups excluding carboxylic acids is 1. The molecule has 1 aliphatic heterocycles. The summed E-state index contributed by atoms with van der Waals surface area (Å²) in [4.78, 5) is 23.2. The van der Waals surface area contributed by atoms with Crippen LogP contribution in [0.25, 0.3) is 0 Å². The molecule has 0 bridgehead atoms. The van der Waals surface area contributed by atoms with Crippen LogP contribution in [0, 0.1) is 5.92 Å². The van der Waals surface area contributed by atoms with Gasteiger partial charge in [-0.15, -0.1) is 0 Å². The van der Waals surface area contributed by atoms with Crippen LogP contribution >= 0.6 is 0 Å². The SMILES string of the molecule is COCCCNC(=O)c1ccc(Oc2nccnc2N2CCC(C)CC2)cc1. The van der Waals surface area contributed by atoms with Crippen molar-refractivity contribution in [1.82, 2.24) is 15.3 Å². The Hall–Kier alpha value is -2.67. The maximum absolute atomic E-state index is 12.1. The summed E-state index contributed by atoms with van der Waals surface area (Å²) < 4.78 is 11.0. The maximum Gasteiger partial charge on any atom is 0.263 e. The van der Waals surface area contributed by atoms with Crippen molar-refractivity contribution in [3.63, 3.8) is 0 Å². The molecule has 3 rings (SSSR count). The highest BCUT2D eigenvalue weighted by Gasteiger charge is 2.21. The van der Waals surface area contributed by atoms with Gasteiger partial charge >= 0.3 is 0 Å². The number of ether oxygens (including phenoxy) is 2. The summed E-state index contributed by atoms with van der Waals surface area (Å²) >= 11 is 0. The van der Waals surface area contributed by atoms with Crippen molar-refractivity contribution in [2.45, 2.75) is 26.2 Å². The van der Waals surface area contributed by atoms with Gasteiger partial charge < -0.3 is 19.7 Å². The van der Waals surface area contributed by atoms with Crippen molar-refractivity contribution < 1.29 is 14.3 Å². The minimum atomic E-state index is -0.106. The van der Waals surface area contributed by atoms with Crippen LogP contribution in [0.1, 0.15) is 36.5 Å². The van der Waals surface area contributed by atoms with Crippen LogP contribution in [0.5, 0.6) is 11.6 Å². The Bertz CT molecular complexity index is 759. The summed E-state index contributed by atoms with van der Waals surface area (Å²) in [6, 6.07) is 7.06. The predicted molar refractivity (Wildman–Crippen MR) is 108 cm³/mol. The van der Waals surface area contributed by atoms with E-state index in [9.17, 15) is 4.79 Å². The zero-order chi connectivity index (χ0) is 19.8. The molecule has 28 heavy (non-hydrogen) atoms. The molecule has 1 saturated heterocycles. The summed E-state index contributed by atoms with van der Waals surface area (Å²) in [6.07, 6.45) is 6.40. The number of methoxy groups -OCH3 is 1. The van der Waals surface area contributed by atoms with Gasteiger partial charge in [-0.25, -0.2) is 9.97 Å². The van der Waals surface area contributed by atoms with E-state index in [1.807, 2.05) is 0 Å². The highest BCUT2D eigenvalue weighted by atomic mass is 16.5. The van der Waals surface area contributed by atoms with E-state index in [0.29, 0.717) is 30.3 Å². The number of piperidine rings is 1. The second-order valence-corrected chi connectivity index (χ2v) is 7.08. The number of nitrogens with zero attached hydrogens (tertiary/aromatic N) is 3. The van der Waals surface area contributed by atoms with Crippen LogP contribution in [-0.2, 0) is 4.74 Å². The summed E-state index contributed by atoms with van der Waals surface area (Å²) in [5, 5.41) is 2.87. The van der Waals surface area contributed by atoms with E-state index in [0.717, 1.165) is 44.1 Å². The second kappa shape index (κ2) is 10.0. The molecule has 0 atom stereocenters. The monoisotopic (exact) mass is 384 g/mol. The highest BCUT2D eigenvalue weighted by molar-refractivity contribution is 5.94. The van der Waals surface area contributed by atoms with Crippen molar-refractivity contribution in [3.05, 3.63) is 42.2 Å². The van der Waals surface area contributed by atoms with E-state index >= 15 is 0 Å². The minimum Gasteiger partial charge on any atom is -0.436 e. The van der Waals surface area contributed by atoms with E-state index in [4.69, 9.17) is 9.47 Å². The molecule has 1 aromatic heterocycles. The minimum absolute atomic E-state index is 0.106. The zero-order valence-electron chi connectivity index (χ0n) is 16.6. The Balaban J connectivity index is 1.62. The van der Waals surface area contributed by atoms with E-state index in [1.54, 1.807) is 43.8 Å². The van der Waals surface area contributed by atoms with Crippen LogP contribution in [0.3, 0.4) is 0 Å². The smallest absolute Gasteiger partial charge is 0.263 e. The normalized spacial score (nSPS) is 14.7. The topological polar surface area (TPSA) is 76.6 Å². The lowest BCUT2D eigenvalue weighted by Gasteiger charge is -2.31. The average Bonchev–Trinajstić information content (AvgIpc) is 2.73. The molecule has 0 spiro atoms. The molecule has 0 saturated carbocycles. The third-order valence-electron chi connectivity index (χ3n) is 4.87. The first-order chi connectivity index (χ1) is 13.7. The number of benzene rings is 1. The number of hydrogen-bond acceptors (Lipinski definition) is 6. The van der Waals surface area contributed by atoms with Crippen molar-refractivity contribution in [2.75, 3.05) is 38.3 Å². The van der Waals surface area contributed by atoms with E-state index in [1.165, 1.54) is 0 Å². The largest absolute Gasteiger partial charge is 0.436 e. The Kier molecular flexibility index (Phi) is 7.19. The zero-order valence-corrected chi connectivity index (χ0v) is 16.6. The van der Waals surface area contributed by atoms with E-state index in [2.05, 4.69) is 27.1 Å².